The Labute approximate surface area is 124 Å². The molecular weight excluding hydrogens is 272 g/mol. The first-order chi connectivity index (χ1) is 9.94. The number of methoxy groups -OCH3 is 3. The van der Waals surface area contributed by atoms with Crippen LogP contribution in [0.4, 0.5) is 0 Å². The number of rotatable bonds is 5. The summed E-state index contributed by atoms with van der Waals surface area (Å²) in [5.74, 6) is -0.374. The van der Waals surface area contributed by atoms with Gasteiger partial charge in [-0.05, 0) is 30.5 Å². The number of aryl methyl sites for hydroxylation is 1. The largest absolute Gasteiger partial charge is 0.496 e. The van der Waals surface area contributed by atoms with E-state index in [9.17, 15) is 9.59 Å². The van der Waals surface area contributed by atoms with Crippen LogP contribution in [0.2, 0.25) is 0 Å². The maximum atomic E-state index is 11.8. The molecule has 0 aliphatic carbocycles. The van der Waals surface area contributed by atoms with Gasteiger partial charge in [-0.2, -0.15) is 0 Å². The Kier molecular flexibility index (Phi) is 5.96. The second-order valence-electron chi connectivity index (χ2n) is 4.56. The van der Waals surface area contributed by atoms with Crippen LogP contribution in [0.1, 0.15) is 16.7 Å². The number of hydrogen-bond donors (Lipinski definition) is 0. The number of carbonyl (C=O) groups excluding carboxylic acids is 2. The Hall–Kier alpha value is -2.30. The molecule has 0 fully saturated rings. The minimum absolute atomic E-state index is 0.235. The highest BCUT2D eigenvalue weighted by Gasteiger charge is 2.16. The minimum Gasteiger partial charge on any atom is -0.496 e. The number of ether oxygens (including phenoxy) is 3. The highest BCUT2D eigenvalue weighted by molar-refractivity contribution is 5.96. The molecule has 1 rings (SSSR count). The number of esters is 2. The predicted molar refractivity (Wildman–Crippen MR) is 78.3 cm³/mol. The molecule has 5 nitrogen and oxygen atoms in total. The van der Waals surface area contributed by atoms with Crippen LogP contribution < -0.4 is 4.74 Å². The van der Waals surface area contributed by atoms with Crippen LogP contribution in [0, 0.1) is 13.8 Å². The summed E-state index contributed by atoms with van der Waals surface area (Å²) in [7, 11) is 4.13. The molecule has 0 atom stereocenters. The van der Waals surface area contributed by atoms with Crippen LogP contribution in [0.15, 0.2) is 23.8 Å². The summed E-state index contributed by atoms with van der Waals surface area (Å²) >= 11 is 0. The lowest BCUT2D eigenvalue weighted by Gasteiger charge is -2.14. The maximum Gasteiger partial charge on any atom is 0.334 e. The molecule has 0 amide bonds. The third-order valence-corrected chi connectivity index (χ3v) is 3.24. The van der Waals surface area contributed by atoms with Crippen molar-refractivity contribution in [2.24, 2.45) is 0 Å². The Morgan fingerprint density at radius 1 is 1.10 bits per heavy atom. The fraction of sp³-hybridized carbons (Fsp3) is 0.375. The molecule has 1 aromatic rings. The van der Waals surface area contributed by atoms with Gasteiger partial charge in [-0.3, -0.25) is 0 Å². The highest BCUT2D eigenvalue weighted by Crippen LogP contribution is 2.27. The first-order valence-electron chi connectivity index (χ1n) is 6.44. The van der Waals surface area contributed by atoms with Gasteiger partial charge in [0.25, 0.3) is 0 Å². The first-order valence-corrected chi connectivity index (χ1v) is 6.44. The van der Waals surface area contributed by atoms with E-state index in [2.05, 4.69) is 4.74 Å². The predicted octanol–water partition coefficient (Wildman–Crippen LogP) is 2.13. The van der Waals surface area contributed by atoms with Gasteiger partial charge in [0.1, 0.15) is 5.75 Å². The van der Waals surface area contributed by atoms with Crippen molar-refractivity contribution >= 4 is 11.9 Å². The lowest BCUT2D eigenvalue weighted by Crippen LogP contribution is -2.11. The van der Waals surface area contributed by atoms with Gasteiger partial charge >= 0.3 is 11.9 Å². The zero-order valence-corrected chi connectivity index (χ0v) is 13.0. The summed E-state index contributed by atoms with van der Waals surface area (Å²) in [5, 5.41) is 0. The molecular formula is C16H20O5. The zero-order valence-electron chi connectivity index (χ0n) is 13.0. The van der Waals surface area contributed by atoms with E-state index in [1.165, 1.54) is 14.2 Å². The third kappa shape index (κ3) is 4.08. The summed E-state index contributed by atoms with van der Waals surface area (Å²) in [6.45, 7) is 3.86. The molecule has 0 saturated carbocycles. The number of benzene rings is 1. The Bertz CT molecular complexity index is 572. The van der Waals surface area contributed by atoms with Crippen molar-refractivity contribution in [1.29, 1.82) is 0 Å². The van der Waals surface area contributed by atoms with Gasteiger partial charge < -0.3 is 14.2 Å². The van der Waals surface area contributed by atoms with E-state index in [-0.39, 0.29) is 12.0 Å². The zero-order chi connectivity index (χ0) is 16.0. The van der Waals surface area contributed by atoms with Crippen molar-refractivity contribution in [3.63, 3.8) is 0 Å². The van der Waals surface area contributed by atoms with Crippen molar-refractivity contribution in [1.82, 2.24) is 0 Å². The van der Waals surface area contributed by atoms with E-state index in [1.807, 2.05) is 26.0 Å². The van der Waals surface area contributed by atoms with E-state index < -0.39 is 11.9 Å². The molecule has 114 valence electrons. The summed E-state index contributed by atoms with van der Waals surface area (Å²) in [5.41, 5.74) is 3.06. The Balaban J connectivity index is 3.19. The molecule has 0 aliphatic rings. The van der Waals surface area contributed by atoms with Crippen molar-refractivity contribution in [3.05, 3.63) is 40.5 Å². The first kappa shape index (κ1) is 16.8. The van der Waals surface area contributed by atoms with Crippen LogP contribution in [0.3, 0.4) is 0 Å². The van der Waals surface area contributed by atoms with E-state index in [0.717, 1.165) is 28.5 Å². The van der Waals surface area contributed by atoms with Crippen LogP contribution in [0.25, 0.3) is 0 Å². The maximum absolute atomic E-state index is 11.8. The summed E-state index contributed by atoms with van der Waals surface area (Å²) in [6, 6.07) is 3.81. The van der Waals surface area contributed by atoms with Crippen LogP contribution >= 0.6 is 0 Å². The number of hydrogen-bond acceptors (Lipinski definition) is 5. The molecule has 21 heavy (non-hydrogen) atoms. The van der Waals surface area contributed by atoms with Gasteiger partial charge in [0.2, 0.25) is 0 Å². The van der Waals surface area contributed by atoms with Gasteiger partial charge in [-0.25, -0.2) is 9.59 Å². The molecule has 0 aliphatic heterocycles. The highest BCUT2D eigenvalue weighted by atomic mass is 16.5. The molecule has 5 heteroatoms. The average molecular weight is 292 g/mol. The van der Waals surface area contributed by atoms with Crippen molar-refractivity contribution < 1.29 is 23.8 Å². The van der Waals surface area contributed by atoms with Gasteiger partial charge in [0.05, 0.1) is 21.3 Å². The minimum atomic E-state index is -0.591. The van der Waals surface area contributed by atoms with E-state index in [4.69, 9.17) is 9.47 Å². The smallest absolute Gasteiger partial charge is 0.334 e. The lowest BCUT2D eigenvalue weighted by molar-refractivity contribution is -0.138. The van der Waals surface area contributed by atoms with Gasteiger partial charge in [0.15, 0.2) is 0 Å². The molecule has 0 saturated heterocycles. The lowest BCUT2D eigenvalue weighted by atomic mass is 9.97. The van der Waals surface area contributed by atoms with Crippen molar-refractivity contribution in [2.75, 3.05) is 21.3 Å². The fourth-order valence-electron chi connectivity index (χ4n) is 2.09. The monoisotopic (exact) mass is 292 g/mol. The molecule has 1 aromatic carbocycles. The average Bonchev–Trinajstić information content (AvgIpc) is 2.48. The SMILES string of the molecule is COC(=O)/C=C(\Cc1ccc(C)c(OC)c1C)C(=O)OC. The Morgan fingerprint density at radius 3 is 2.29 bits per heavy atom. The number of carbonyl (C=O) groups is 2. The standard InChI is InChI=1S/C16H20O5/c1-10-6-7-12(11(2)15(10)20-4)8-13(16(18)21-5)9-14(17)19-3/h6-7,9H,8H2,1-5H3/b13-9+. The van der Waals surface area contributed by atoms with Crippen molar-refractivity contribution in [3.8, 4) is 5.75 Å². The van der Waals surface area contributed by atoms with Gasteiger partial charge in [-0.1, -0.05) is 12.1 Å². The van der Waals surface area contributed by atoms with Gasteiger partial charge in [0, 0.05) is 18.1 Å². The quantitative estimate of drug-likeness (QED) is 0.614. The third-order valence-electron chi connectivity index (χ3n) is 3.24. The second kappa shape index (κ2) is 7.47. The van der Waals surface area contributed by atoms with Crippen LogP contribution in [-0.4, -0.2) is 33.3 Å². The summed E-state index contributed by atoms with van der Waals surface area (Å²) in [6.07, 6.45) is 1.42. The molecule has 0 N–H and O–H groups in total. The molecule has 0 heterocycles. The summed E-state index contributed by atoms with van der Waals surface area (Å²) < 4.78 is 14.6. The van der Waals surface area contributed by atoms with E-state index >= 15 is 0 Å². The second-order valence-corrected chi connectivity index (χ2v) is 4.56. The van der Waals surface area contributed by atoms with Crippen LogP contribution in [-0.2, 0) is 25.5 Å². The van der Waals surface area contributed by atoms with Crippen LogP contribution in [0.5, 0.6) is 5.75 Å². The fourth-order valence-corrected chi connectivity index (χ4v) is 2.09. The topological polar surface area (TPSA) is 61.8 Å². The van der Waals surface area contributed by atoms with E-state index in [0.29, 0.717) is 0 Å². The summed E-state index contributed by atoms with van der Waals surface area (Å²) in [4.78, 5) is 23.1. The van der Waals surface area contributed by atoms with Crippen molar-refractivity contribution in [2.45, 2.75) is 20.3 Å². The molecule has 0 bridgehead atoms. The normalized spacial score (nSPS) is 11.0. The molecule has 0 aromatic heterocycles. The molecule has 0 spiro atoms. The van der Waals surface area contributed by atoms with E-state index in [1.54, 1.807) is 7.11 Å². The van der Waals surface area contributed by atoms with Gasteiger partial charge in [-0.15, -0.1) is 0 Å². The Morgan fingerprint density at radius 2 is 1.76 bits per heavy atom. The molecule has 0 radical (unpaired) electrons. The molecule has 0 unspecified atom stereocenters.